The van der Waals surface area contributed by atoms with Gasteiger partial charge in [0, 0.05) is 28.1 Å². The molecule has 0 spiro atoms. The van der Waals surface area contributed by atoms with E-state index in [2.05, 4.69) is 31.9 Å². The molecule has 0 aromatic heterocycles. The molecule has 0 aliphatic carbocycles. The van der Waals surface area contributed by atoms with Gasteiger partial charge in [0.25, 0.3) is 5.91 Å². The number of halogens is 2. The van der Waals surface area contributed by atoms with E-state index >= 15 is 0 Å². The first-order chi connectivity index (χ1) is 8.99. The number of nitrogens with zero attached hydrogens (tertiary/aromatic N) is 1. The summed E-state index contributed by atoms with van der Waals surface area (Å²) >= 11 is 6.85. The minimum Gasteiger partial charge on any atom is -0.339 e. The van der Waals surface area contributed by atoms with Crippen molar-refractivity contribution >= 4 is 37.8 Å². The molecule has 2 rings (SSSR count). The summed E-state index contributed by atoms with van der Waals surface area (Å²) in [5, 5.41) is 0. The number of hydrogen-bond donors (Lipinski definition) is 1. The van der Waals surface area contributed by atoms with E-state index in [1.807, 2.05) is 30.0 Å². The van der Waals surface area contributed by atoms with E-state index in [0.717, 1.165) is 40.4 Å². The molecule has 1 heterocycles. The van der Waals surface area contributed by atoms with Gasteiger partial charge in [0.1, 0.15) is 0 Å². The molecule has 0 bridgehead atoms. The van der Waals surface area contributed by atoms with E-state index in [1.54, 1.807) is 0 Å². The number of benzene rings is 1. The maximum absolute atomic E-state index is 12.5. The third-order valence-electron chi connectivity index (χ3n) is 3.73. The van der Waals surface area contributed by atoms with Crippen molar-refractivity contribution in [3.63, 3.8) is 0 Å². The van der Waals surface area contributed by atoms with Gasteiger partial charge in [-0.05, 0) is 59.8 Å². The first kappa shape index (κ1) is 15.0. The lowest BCUT2D eigenvalue weighted by Gasteiger charge is -2.34. The number of carbonyl (C=O) groups excluding carboxylic acids is 1. The second-order valence-corrected chi connectivity index (χ2v) is 6.88. The summed E-state index contributed by atoms with van der Waals surface area (Å²) in [4.78, 5) is 14.4. The van der Waals surface area contributed by atoms with Crippen molar-refractivity contribution in [2.45, 2.75) is 25.8 Å². The number of likely N-dealkylation sites (tertiary alicyclic amines) is 1. The van der Waals surface area contributed by atoms with E-state index < -0.39 is 0 Å². The average molecular weight is 390 g/mol. The smallest absolute Gasteiger partial charge is 0.254 e. The first-order valence-corrected chi connectivity index (χ1v) is 8.07. The Bertz CT molecular complexity index is 469. The summed E-state index contributed by atoms with van der Waals surface area (Å²) in [5.41, 5.74) is 6.65. The molecule has 0 radical (unpaired) electrons. The number of hydrogen-bond acceptors (Lipinski definition) is 2. The zero-order chi connectivity index (χ0) is 14.0. The zero-order valence-corrected chi connectivity index (χ0v) is 14.1. The fourth-order valence-electron chi connectivity index (χ4n) is 2.46. The van der Waals surface area contributed by atoms with Crippen LogP contribution in [0.3, 0.4) is 0 Å². The van der Waals surface area contributed by atoms with Crippen molar-refractivity contribution in [1.29, 1.82) is 0 Å². The van der Waals surface area contributed by atoms with Crippen LogP contribution in [-0.4, -0.2) is 29.9 Å². The summed E-state index contributed by atoms with van der Waals surface area (Å²) in [7, 11) is 0. The molecule has 1 aliphatic heterocycles. The Morgan fingerprint density at radius 1 is 1.37 bits per heavy atom. The van der Waals surface area contributed by atoms with E-state index in [1.165, 1.54) is 0 Å². The average Bonchev–Trinajstić information content (AvgIpc) is 2.38. The molecule has 0 saturated carbocycles. The fourth-order valence-corrected chi connectivity index (χ4v) is 3.68. The SMILES string of the molecule is CC(N)C1CCN(C(=O)c2ccc(Br)cc2Br)CC1. The van der Waals surface area contributed by atoms with Crippen LogP contribution in [0.1, 0.15) is 30.1 Å². The van der Waals surface area contributed by atoms with Crippen LogP contribution in [0.2, 0.25) is 0 Å². The molecule has 1 amide bonds. The lowest BCUT2D eigenvalue weighted by Crippen LogP contribution is -2.42. The third-order valence-corrected chi connectivity index (χ3v) is 4.88. The Hall–Kier alpha value is -0.390. The molecular formula is C14H18Br2N2O. The van der Waals surface area contributed by atoms with Crippen LogP contribution < -0.4 is 5.73 Å². The number of carbonyl (C=O) groups is 1. The second kappa shape index (κ2) is 6.37. The normalized spacial score (nSPS) is 18.4. The molecule has 1 unspecified atom stereocenters. The number of amides is 1. The zero-order valence-electron chi connectivity index (χ0n) is 10.9. The summed E-state index contributed by atoms with van der Waals surface area (Å²) in [6.45, 7) is 3.65. The van der Waals surface area contributed by atoms with Crippen molar-refractivity contribution < 1.29 is 4.79 Å². The van der Waals surface area contributed by atoms with Crippen molar-refractivity contribution in [1.82, 2.24) is 4.90 Å². The minimum absolute atomic E-state index is 0.0995. The largest absolute Gasteiger partial charge is 0.339 e. The van der Waals surface area contributed by atoms with E-state index in [-0.39, 0.29) is 11.9 Å². The van der Waals surface area contributed by atoms with Gasteiger partial charge in [-0.1, -0.05) is 15.9 Å². The molecule has 2 N–H and O–H groups in total. The Balaban J connectivity index is 2.05. The second-order valence-electron chi connectivity index (χ2n) is 5.11. The summed E-state index contributed by atoms with van der Waals surface area (Å²) in [5.74, 6) is 0.639. The van der Waals surface area contributed by atoms with Crippen LogP contribution in [0.4, 0.5) is 0 Å². The topological polar surface area (TPSA) is 46.3 Å². The molecule has 1 aromatic carbocycles. The molecule has 5 heteroatoms. The Morgan fingerprint density at radius 3 is 2.53 bits per heavy atom. The van der Waals surface area contributed by atoms with Gasteiger partial charge in [-0.15, -0.1) is 0 Å². The first-order valence-electron chi connectivity index (χ1n) is 6.49. The van der Waals surface area contributed by atoms with Crippen LogP contribution in [0.15, 0.2) is 27.1 Å². The Kier molecular flexibility index (Phi) is 5.03. The van der Waals surface area contributed by atoms with Gasteiger partial charge in [0.15, 0.2) is 0 Å². The predicted octanol–water partition coefficient (Wildman–Crippen LogP) is 3.41. The minimum atomic E-state index is 0.0995. The highest BCUT2D eigenvalue weighted by atomic mass is 79.9. The molecule has 3 nitrogen and oxygen atoms in total. The van der Waals surface area contributed by atoms with Crippen molar-refractivity contribution in [2.75, 3.05) is 13.1 Å². The Morgan fingerprint density at radius 2 is 2.00 bits per heavy atom. The maximum atomic E-state index is 12.5. The predicted molar refractivity (Wildman–Crippen MR) is 84.1 cm³/mol. The van der Waals surface area contributed by atoms with Gasteiger partial charge >= 0.3 is 0 Å². The van der Waals surface area contributed by atoms with Crippen molar-refractivity contribution in [3.8, 4) is 0 Å². The van der Waals surface area contributed by atoms with Gasteiger partial charge in [-0.25, -0.2) is 0 Å². The molecule has 1 atom stereocenters. The highest BCUT2D eigenvalue weighted by molar-refractivity contribution is 9.11. The number of nitrogens with two attached hydrogens (primary N) is 1. The van der Waals surface area contributed by atoms with Gasteiger partial charge in [-0.2, -0.15) is 0 Å². The maximum Gasteiger partial charge on any atom is 0.254 e. The number of rotatable bonds is 2. The van der Waals surface area contributed by atoms with E-state index in [0.29, 0.717) is 5.92 Å². The molecule has 19 heavy (non-hydrogen) atoms. The highest BCUT2D eigenvalue weighted by Crippen LogP contribution is 2.26. The van der Waals surface area contributed by atoms with Gasteiger partial charge in [0.05, 0.1) is 5.56 Å². The summed E-state index contributed by atoms with van der Waals surface area (Å²) in [6, 6.07) is 5.87. The lowest BCUT2D eigenvalue weighted by molar-refractivity contribution is 0.0680. The lowest BCUT2D eigenvalue weighted by atomic mass is 9.90. The molecule has 1 saturated heterocycles. The standard InChI is InChI=1S/C14H18Br2N2O/c1-9(17)10-4-6-18(7-5-10)14(19)12-3-2-11(15)8-13(12)16/h2-3,8-10H,4-7,17H2,1H3. The third kappa shape index (κ3) is 3.58. The molecule has 104 valence electrons. The summed E-state index contributed by atoms with van der Waals surface area (Å²) in [6.07, 6.45) is 2.00. The quantitative estimate of drug-likeness (QED) is 0.842. The van der Waals surface area contributed by atoms with Crippen molar-refractivity contribution in [3.05, 3.63) is 32.7 Å². The van der Waals surface area contributed by atoms with Gasteiger partial charge in [0.2, 0.25) is 0 Å². The summed E-state index contributed by atoms with van der Waals surface area (Å²) < 4.78 is 1.80. The highest BCUT2D eigenvalue weighted by Gasteiger charge is 2.26. The van der Waals surface area contributed by atoms with Crippen LogP contribution in [0.25, 0.3) is 0 Å². The fraction of sp³-hybridized carbons (Fsp3) is 0.500. The molecule has 1 aromatic rings. The van der Waals surface area contributed by atoms with Crippen LogP contribution in [0, 0.1) is 5.92 Å². The van der Waals surface area contributed by atoms with Crippen LogP contribution in [0.5, 0.6) is 0 Å². The molecular weight excluding hydrogens is 372 g/mol. The number of piperidine rings is 1. The van der Waals surface area contributed by atoms with Gasteiger partial charge < -0.3 is 10.6 Å². The van der Waals surface area contributed by atoms with Crippen LogP contribution in [-0.2, 0) is 0 Å². The molecule has 1 fully saturated rings. The van der Waals surface area contributed by atoms with Gasteiger partial charge in [-0.3, -0.25) is 4.79 Å². The molecule has 1 aliphatic rings. The van der Waals surface area contributed by atoms with Crippen molar-refractivity contribution in [2.24, 2.45) is 11.7 Å². The van der Waals surface area contributed by atoms with E-state index in [9.17, 15) is 4.79 Å². The van der Waals surface area contributed by atoms with E-state index in [4.69, 9.17) is 5.73 Å². The monoisotopic (exact) mass is 388 g/mol. The Labute approximate surface area is 130 Å². The van der Waals surface area contributed by atoms with Crippen LogP contribution >= 0.6 is 31.9 Å².